The highest BCUT2D eigenvalue weighted by atomic mass is 16.2. The van der Waals surface area contributed by atoms with Crippen molar-refractivity contribution in [3.8, 4) is 0 Å². The second-order valence-electron chi connectivity index (χ2n) is 7.47. The molecule has 3 amide bonds. The zero-order valence-corrected chi connectivity index (χ0v) is 16.8. The molecule has 0 saturated carbocycles. The third-order valence-electron chi connectivity index (χ3n) is 5.08. The summed E-state index contributed by atoms with van der Waals surface area (Å²) >= 11 is 0. The first kappa shape index (κ1) is 21.5. The number of hydrogen-bond donors (Lipinski definition) is 3. The zero-order valence-electron chi connectivity index (χ0n) is 16.8. The highest BCUT2D eigenvalue weighted by molar-refractivity contribution is 6.01. The Morgan fingerprint density at radius 1 is 0.833 bits per heavy atom. The molecule has 158 valence electrons. The van der Waals surface area contributed by atoms with Gasteiger partial charge in [0, 0.05) is 36.4 Å². The van der Waals surface area contributed by atoms with Gasteiger partial charge in [-0.1, -0.05) is 30.3 Å². The van der Waals surface area contributed by atoms with Crippen LogP contribution in [0.2, 0.25) is 0 Å². The molecule has 0 radical (unpaired) electrons. The lowest BCUT2D eigenvalue weighted by Crippen LogP contribution is -2.36. The van der Waals surface area contributed by atoms with Crippen molar-refractivity contribution < 1.29 is 14.4 Å². The van der Waals surface area contributed by atoms with E-state index in [0.717, 1.165) is 39.1 Å². The molecular weight excluding hydrogens is 382 g/mol. The summed E-state index contributed by atoms with van der Waals surface area (Å²) in [5, 5.41) is 2.74. The van der Waals surface area contributed by atoms with E-state index in [-0.39, 0.29) is 23.6 Å². The monoisotopic (exact) mass is 409 g/mol. The van der Waals surface area contributed by atoms with Crippen molar-refractivity contribution in [3.63, 3.8) is 0 Å². The molecule has 0 bridgehead atoms. The quantitative estimate of drug-likeness (QED) is 0.631. The van der Waals surface area contributed by atoms with Gasteiger partial charge in [0.2, 0.25) is 17.7 Å². The van der Waals surface area contributed by atoms with Crippen LogP contribution in [0.1, 0.15) is 32.7 Å². The standard InChI is InChI=1S/C22H27N5O3/c23-21(29)17-11-18(22(24)30)13-19(12-17)25-20(28)15-27-8-4-7-26(9-10-27)14-16-5-2-1-3-6-16/h1-3,5-6,11-13H,4,7-10,14-15H2,(H2,23,29)(H2,24,30)(H,25,28). The van der Waals surface area contributed by atoms with E-state index in [1.165, 1.54) is 23.8 Å². The number of amides is 3. The number of carbonyl (C=O) groups excluding carboxylic acids is 3. The fraction of sp³-hybridized carbons (Fsp3) is 0.318. The van der Waals surface area contributed by atoms with E-state index in [1.54, 1.807) is 0 Å². The first-order valence-corrected chi connectivity index (χ1v) is 9.94. The number of carbonyl (C=O) groups is 3. The van der Waals surface area contributed by atoms with Gasteiger partial charge in [0.05, 0.1) is 6.54 Å². The predicted octanol–water partition coefficient (Wildman–Crippen LogP) is 1.03. The average Bonchev–Trinajstić information content (AvgIpc) is 2.93. The summed E-state index contributed by atoms with van der Waals surface area (Å²) in [6.45, 7) is 4.60. The van der Waals surface area contributed by atoms with Gasteiger partial charge in [-0.05, 0) is 43.3 Å². The van der Waals surface area contributed by atoms with E-state index in [4.69, 9.17) is 11.5 Å². The Kier molecular flexibility index (Phi) is 7.16. The van der Waals surface area contributed by atoms with Crippen LogP contribution in [0.5, 0.6) is 0 Å². The van der Waals surface area contributed by atoms with Gasteiger partial charge >= 0.3 is 0 Å². The maximum absolute atomic E-state index is 12.5. The van der Waals surface area contributed by atoms with Crippen LogP contribution in [-0.4, -0.2) is 60.2 Å². The minimum absolute atomic E-state index is 0.118. The molecule has 1 fully saturated rings. The molecule has 0 atom stereocenters. The topological polar surface area (TPSA) is 122 Å². The van der Waals surface area contributed by atoms with Crippen LogP contribution in [0.3, 0.4) is 0 Å². The number of benzene rings is 2. The van der Waals surface area contributed by atoms with Gasteiger partial charge in [0.15, 0.2) is 0 Å². The molecule has 2 aromatic carbocycles. The summed E-state index contributed by atoms with van der Waals surface area (Å²) in [6, 6.07) is 14.5. The maximum atomic E-state index is 12.5. The van der Waals surface area contributed by atoms with Gasteiger partial charge in [-0.15, -0.1) is 0 Å². The SMILES string of the molecule is NC(=O)c1cc(NC(=O)CN2CCCN(Cc3ccccc3)CC2)cc(C(N)=O)c1. The van der Waals surface area contributed by atoms with Crippen LogP contribution >= 0.6 is 0 Å². The summed E-state index contributed by atoms with van der Waals surface area (Å²) in [4.78, 5) is 40.0. The minimum Gasteiger partial charge on any atom is -0.366 e. The van der Waals surface area contributed by atoms with Crippen molar-refractivity contribution in [2.24, 2.45) is 11.5 Å². The zero-order chi connectivity index (χ0) is 21.5. The number of rotatable bonds is 7. The van der Waals surface area contributed by atoms with Crippen LogP contribution < -0.4 is 16.8 Å². The van der Waals surface area contributed by atoms with Gasteiger partial charge in [-0.2, -0.15) is 0 Å². The third kappa shape index (κ3) is 6.13. The van der Waals surface area contributed by atoms with E-state index in [0.29, 0.717) is 5.69 Å². The molecule has 30 heavy (non-hydrogen) atoms. The Balaban J connectivity index is 1.56. The largest absolute Gasteiger partial charge is 0.366 e. The molecule has 5 N–H and O–H groups in total. The summed E-state index contributed by atoms with van der Waals surface area (Å²) in [5.41, 5.74) is 12.4. The number of nitrogens with two attached hydrogens (primary N) is 2. The smallest absolute Gasteiger partial charge is 0.248 e. The Morgan fingerprint density at radius 2 is 1.43 bits per heavy atom. The van der Waals surface area contributed by atoms with E-state index in [2.05, 4.69) is 27.2 Å². The molecule has 0 unspecified atom stereocenters. The summed E-state index contributed by atoms with van der Waals surface area (Å²) in [7, 11) is 0. The molecule has 8 heteroatoms. The lowest BCUT2D eigenvalue weighted by atomic mass is 10.1. The molecule has 3 rings (SSSR count). The Hall–Kier alpha value is -3.23. The van der Waals surface area contributed by atoms with Crippen LogP contribution in [0.15, 0.2) is 48.5 Å². The molecule has 1 heterocycles. The van der Waals surface area contributed by atoms with Crippen LogP contribution in [-0.2, 0) is 11.3 Å². The average molecular weight is 409 g/mol. The fourth-order valence-electron chi connectivity index (χ4n) is 3.57. The van der Waals surface area contributed by atoms with Crippen LogP contribution in [0.4, 0.5) is 5.69 Å². The number of nitrogens with one attached hydrogen (secondary N) is 1. The summed E-state index contributed by atoms with van der Waals surface area (Å²) in [6.07, 6.45) is 0.975. The minimum atomic E-state index is -0.695. The Bertz CT molecular complexity index is 884. The van der Waals surface area contributed by atoms with Gasteiger partial charge in [0.1, 0.15) is 0 Å². The van der Waals surface area contributed by atoms with Gasteiger partial charge < -0.3 is 16.8 Å². The molecule has 1 saturated heterocycles. The Morgan fingerprint density at radius 3 is 2.07 bits per heavy atom. The molecule has 0 aliphatic carbocycles. The van der Waals surface area contributed by atoms with E-state index < -0.39 is 11.8 Å². The van der Waals surface area contributed by atoms with Crippen molar-refractivity contribution >= 4 is 23.4 Å². The van der Waals surface area contributed by atoms with Crippen molar-refractivity contribution in [1.82, 2.24) is 9.80 Å². The fourth-order valence-corrected chi connectivity index (χ4v) is 3.57. The molecule has 8 nitrogen and oxygen atoms in total. The Labute approximate surface area is 175 Å². The molecule has 0 spiro atoms. The lowest BCUT2D eigenvalue weighted by Gasteiger charge is -2.21. The van der Waals surface area contributed by atoms with E-state index in [9.17, 15) is 14.4 Å². The number of primary amides is 2. The molecular formula is C22H27N5O3. The summed E-state index contributed by atoms with van der Waals surface area (Å²) in [5.74, 6) is -1.61. The van der Waals surface area contributed by atoms with Gasteiger partial charge in [-0.25, -0.2) is 0 Å². The number of hydrogen-bond acceptors (Lipinski definition) is 5. The highest BCUT2D eigenvalue weighted by Crippen LogP contribution is 2.15. The molecule has 1 aliphatic heterocycles. The first-order valence-electron chi connectivity index (χ1n) is 9.94. The first-order chi connectivity index (χ1) is 14.4. The lowest BCUT2D eigenvalue weighted by molar-refractivity contribution is -0.117. The van der Waals surface area contributed by atoms with Crippen molar-refractivity contribution in [3.05, 3.63) is 65.2 Å². The van der Waals surface area contributed by atoms with Gasteiger partial charge in [-0.3, -0.25) is 24.2 Å². The van der Waals surface area contributed by atoms with Gasteiger partial charge in [0.25, 0.3) is 0 Å². The van der Waals surface area contributed by atoms with Crippen LogP contribution in [0, 0.1) is 0 Å². The molecule has 0 aromatic heterocycles. The molecule has 1 aliphatic rings. The molecule has 2 aromatic rings. The third-order valence-corrected chi connectivity index (χ3v) is 5.08. The maximum Gasteiger partial charge on any atom is 0.248 e. The second kappa shape index (κ2) is 10.00. The number of nitrogens with zero attached hydrogens (tertiary/aromatic N) is 2. The van der Waals surface area contributed by atoms with E-state index in [1.807, 2.05) is 18.2 Å². The number of anilines is 1. The summed E-state index contributed by atoms with van der Waals surface area (Å²) < 4.78 is 0. The normalized spacial score (nSPS) is 15.3. The van der Waals surface area contributed by atoms with Crippen molar-refractivity contribution in [2.75, 3.05) is 38.0 Å². The van der Waals surface area contributed by atoms with Crippen molar-refractivity contribution in [2.45, 2.75) is 13.0 Å². The highest BCUT2D eigenvalue weighted by Gasteiger charge is 2.18. The van der Waals surface area contributed by atoms with E-state index >= 15 is 0 Å². The predicted molar refractivity (Wildman–Crippen MR) is 115 cm³/mol. The second-order valence-corrected chi connectivity index (χ2v) is 7.47. The van der Waals surface area contributed by atoms with Crippen LogP contribution in [0.25, 0.3) is 0 Å². The van der Waals surface area contributed by atoms with Crippen molar-refractivity contribution in [1.29, 1.82) is 0 Å².